The van der Waals surface area contributed by atoms with Crippen LogP contribution in [-0.4, -0.2) is 12.6 Å². The summed E-state index contributed by atoms with van der Waals surface area (Å²) in [5, 5.41) is 12.7. The molecule has 3 nitrogen and oxygen atoms in total. The van der Waals surface area contributed by atoms with Crippen LogP contribution in [0.5, 0.6) is 0 Å². The van der Waals surface area contributed by atoms with E-state index in [1.54, 1.807) is 0 Å². The van der Waals surface area contributed by atoms with Crippen LogP contribution in [-0.2, 0) is 0 Å². The summed E-state index contributed by atoms with van der Waals surface area (Å²) in [4.78, 5) is 0. The predicted octanol–water partition coefficient (Wildman–Crippen LogP) is 2.80. The molecule has 1 atom stereocenters. The summed E-state index contributed by atoms with van der Waals surface area (Å²) >= 11 is 0. The van der Waals surface area contributed by atoms with Gasteiger partial charge >= 0.3 is 0 Å². The van der Waals surface area contributed by atoms with Gasteiger partial charge in [0.25, 0.3) is 0 Å². The largest absolute Gasteiger partial charge is 0.379 e. The van der Waals surface area contributed by atoms with E-state index in [2.05, 4.69) is 11.4 Å². The van der Waals surface area contributed by atoms with E-state index in [4.69, 9.17) is 5.73 Å². The quantitative estimate of drug-likeness (QED) is 0.854. The van der Waals surface area contributed by atoms with Crippen LogP contribution in [0.4, 0.5) is 5.69 Å². The molecule has 18 heavy (non-hydrogen) atoms. The molecule has 1 aliphatic carbocycles. The average Bonchev–Trinajstić information content (AvgIpc) is 2.91. The Kier molecular flexibility index (Phi) is 4.22. The van der Waals surface area contributed by atoms with E-state index in [0.29, 0.717) is 24.1 Å². The first-order chi connectivity index (χ1) is 8.76. The summed E-state index contributed by atoms with van der Waals surface area (Å²) in [6, 6.07) is 8.36. The number of nitriles is 1. The van der Waals surface area contributed by atoms with Gasteiger partial charge in [-0.3, -0.25) is 0 Å². The van der Waals surface area contributed by atoms with Crippen molar-refractivity contribution in [2.24, 2.45) is 11.7 Å². The first kappa shape index (κ1) is 12.9. The number of nitrogens with zero attached hydrogens (tertiary/aromatic N) is 1. The van der Waals surface area contributed by atoms with Crippen molar-refractivity contribution in [1.29, 1.82) is 5.26 Å². The SMILES string of the molecule is Cc1cccc(C#N)c1NC(CN)C1CCCC1. The maximum Gasteiger partial charge on any atom is 0.101 e. The summed E-state index contributed by atoms with van der Waals surface area (Å²) in [7, 11) is 0. The molecule has 1 fully saturated rings. The summed E-state index contributed by atoms with van der Waals surface area (Å²) in [6.07, 6.45) is 5.12. The minimum Gasteiger partial charge on any atom is -0.379 e. The van der Waals surface area contributed by atoms with E-state index < -0.39 is 0 Å². The van der Waals surface area contributed by atoms with Crippen molar-refractivity contribution in [3.8, 4) is 6.07 Å². The van der Waals surface area contributed by atoms with Gasteiger partial charge in [-0.15, -0.1) is 0 Å². The summed E-state index contributed by atoms with van der Waals surface area (Å²) in [5.74, 6) is 0.654. The molecule has 0 aliphatic heterocycles. The van der Waals surface area contributed by atoms with Crippen molar-refractivity contribution in [2.45, 2.75) is 38.6 Å². The van der Waals surface area contributed by atoms with E-state index in [1.807, 2.05) is 25.1 Å². The molecule has 1 aromatic carbocycles. The number of nitrogens with two attached hydrogens (primary N) is 1. The third kappa shape index (κ3) is 2.65. The molecule has 96 valence electrons. The summed E-state index contributed by atoms with van der Waals surface area (Å²) in [6.45, 7) is 2.66. The topological polar surface area (TPSA) is 61.8 Å². The number of aryl methyl sites for hydroxylation is 1. The van der Waals surface area contributed by atoms with Gasteiger partial charge in [-0.2, -0.15) is 5.26 Å². The van der Waals surface area contributed by atoms with E-state index in [9.17, 15) is 5.26 Å². The fourth-order valence-corrected chi connectivity index (χ4v) is 2.87. The zero-order chi connectivity index (χ0) is 13.0. The van der Waals surface area contributed by atoms with Gasteiger partial charge in [0.2, 0.25) is 0 Å². The van der Waals surface area contributed by atoms with E-state index >= 15 is 0 Å². The molecule has 1 saturated carbocycles. The molecular weight excluding hydrogens is 222 g/mol. The van der Waals surface area contributed by atoms with Gasteiger partial charge in [0, 0.05) is 12.6 Å². The smallest absolute Gasteiger partial charge is 0.101 e. The number of hydrogen-bond donors (Lipinski definition) is 2. The highest BCUT2D eigenvalue weighted by Crippen LogP contribution is 2.30. The van der Waals surface area contributed by atoms with Crippen LogP contribution in [0.1, 0.15) is 36.8 Å². The molecule has 0 bridgehead atoms. The maximum atomic E-state index is 9.17. The fourth-order valence-electron chi connectivity index (χ4n) is 2.87. The second kappa shape index (κ2) is 5.88. The van der Waals surface area contributed by atoms with Crippen LogP contribution in [0.25, 0.3) is 0 Å². The van der Waals surface area contributed by atoms with Crippen LogP contribution in [0.3, 0.4) is 0 Å². The summed E-state index contributed by atoms with van der Waals surface area (Å²) in [5.41, 5.74) is 8.69. The molecule has 0 heterocycles. The number of para-hydroxylation sites is 1. The molecule has 0 saturated heterocycles. The Bertz CT molecular complexity index is 442. The van der Waals surface area contributed by atoms with Crippen LogP contribution in [0.2, 0.25) is 0 Å². The Morgan fingerprint density at radius 1 is 1.44 bits per heavy atom. The lowest BCUT2D eigenvalue weighted by Gasteiger charge is -2.25. The normalized spacial score (nSPS) is 17.4. The highest BCUT2D eigenvalue weighted by molar-refractivity contribution is 5.62. The van der Waals surface area contributed by atoms with Gasteiger partial charge in [-0.05, 0) is 37.3 Å². The van der Waals surface area contributed by atoms with E-state index in [0.717, 1.165) is 11.3 Å². The molecule has 1 aromatic rings. The molecule has 0 aromatic heterocycles. The standard InChI is InChI=1S/C15H21N3/c1-11-5-4-8-13(9-16)15(11)18-14(10-17)12-6-2-3-7-12/h4-5,8,12,14,18H,2-3,6-7,10,17H2,1H3. The predicted molar refractivity (Wildman–Crippen MR) is 74.3 cm³/mol. The highest BCUT2D eigenvalue weighted by Gasteiger charge is 2.24. The zero-order valence-electron chi connectivity index (χ0n) is 10.9. The summed E-state index contributed by atoms with van der Waals surface area (Å²) < 4.78 is 0. The van der Waals surface area contributed by atoms with Crippen LogP contribution >= 0.6 is 0 Å². The number of nitrogens with one attached hydrogen (secondary N) is 1. The number of hydrogen-bond acceptors (Lipinski definition) is 3. The van der Waals surface area contributed by atoms with Gasteiger partial charge in [-0.25, -0.2) is 0 Å². The van der Waals surface area contributed by atoms with Crippen molar-refractivity contribution in [3.63, 3.8) is 0 Å². The van der Waals surface area contributed by atoms with E-state index in [-0.39, 0.29) is 0 Å². The average molecular weight is 243 g/mol. The second-order valence-electron chi connectivity index (χ2n) is 5.14. The van der Waals surface area contributed by atoms with Gasteiger partial charge < -0.3 is 11.1 Å². The maximum absolute atomic E-state index is 9.17. The monoisotopic (exact) mass is 243 g/mol. The third-order valence-corrected chi connectivity index (χ3v) is 3.95. The minimum absolute atomic E-state index is 0.292. The lowest BCUT2D eigenvalue weighted by atomic mass is 9.97. The highest BCUT2D eigenvalue weighted by atomic mass is 15.0. The number of anilines is 1. The van der Waals surface area contributed by atoms with Crippen LogP contribution in [0, 0.1) is 24.2 Å². The Labute approximate surface area is 109 Å². The van der Waals surface area contributed by atoms with Gasteiger partial charge in [0.05, 0.1) is 11.3 Å². The zero-order valence-corrected chi connectivity index (χ0v) is 10.9. The molecule has 0 radical (unpaired) electrons. The molecule has 0 spiro atoms. The Morgan fingerprint density at radius 2 is 2.17 bits per heavy atom. The molecule has 1 unspecified atom stereocenters. The Balaban J connectivity index is 2.19. The first-order valence-electron chi connectivity index (χ1n) is 6.72. The third-order valence-electron chi connectivity index (χ3n) is 3.95. The first-order valence-corrected chi connectivity index (χ1v) is 6.72. The molecule has 3 N–H and O–H groups in total. The lowest BCUT2D eigenvalue weighted by molar-refractivity contribution is 0.462. The van der Waals surface area contributed by atoms with Gasteiger partial charge in [0.1, 0.15) is 6.07 Å². The Hall–Kier alpha value is -1.53. The van der Waals surface area contributed by atoms with Gasteiger partial charge in [-0.1, -0.05) is 25.0 Å². The van der Waals surface area contributed by atoms with Crippen molar-refractivity contribution in [2.75, 3.05) is 11.9 Å². The molecule has 3 heteroatoms. The number of benzene rings is 1. The second-order valence-corrected chi connectivity index (χ2v) is 5.14. The molecule has 0 amide bonds. The number of rotatable bonds is 4. The van der Waals surface area contributed by atoms with E-state index in [1.165, 1.54) is 25.7 Å². The van der Waals surface area contributed by atoms with Crippen molar-refractivity contribution in [3.05, 3.63) is 29.3 Å². The lowest BCUT2D eigenvalue weighted by Crippen LogP contribution is -2.35. The van der Waals surface area contributed by atoms with Crippen LogP contribution < -0.4 is 11.1 Å². The van der Waals surface area contributed by atoms with Crippen LogP contribution in [0.15, 0.2) is 18.2 Å². The Morgan fingerprint density at radius 3 is 2.78 bits per heavy atom. The van der Waals surface area contributed by atoms with Crippen molar-refractivity contribution in [1.82, 2.24) is 0 Å². The molecule has 1 aliphatic rings. The van der Waals surface area contributed by atoms with Crippen molar-refractivity contribution >= 4 is 5.69 Å². The molecule has 2 rings (SSSR count). The van der Waals surface area contributed by atoms with Crippen molar-refractivity contribution < 1.29 is 0 Å². The minimum atomic E-state index is 0.292. The molecular formula is C15H21N3. The fraction of sp³-hybridized carbons (Fsp3) is 0.533. The van der Waals surface area contributed by atoms with Gasteiger partial charge in [0.15, 0.2) is 0 Å².